The van der Waals surface area contributed by atoms with Gasteiger partial charge in [-0.2, -0.15) is 18.4 Å². The summed E-state index contributed by atoms with van der Waals surface area (Å²) >= 11 is 0. The van der Waals surface area contributed by atoms with Crippen molar-refractivity contribution < 1.29 is 18.3 Å². The Bertz CT molecular complexity index is 161. The number of hydrogen-bond donors (Lipinski definition) is 1. The third-order valence-corrected chi connectivity index (χ3v) is 1.44. The Morgan fingerprint density at radius 3 is 2.33 bits per heavy atom. The van der Waals surface area contributed by atoms with Gasteiger partial charge in [-0.3, -0.25) is 0 Å². The molecule has 0 amide bonds. The molecule has 2 nitrogen and oxygen atoms in total. The van der Waals surface area contributed by atoms with Crippen molar-refractivity contribution in [3.05, 3.63) is 0 Å². The molecule has 0 fully saturated rings. The molecule has 0 unspecified atom stereocenters. The molecule has 0 rings (SSSR count). The molecule has 0 aromatic carbocycles. The Balaban J connectivity index is 3.77. The van der Waals surface area contributed by atoms with Crippen molar-refractivity contribution in [2.45, 2.75) is 25.4 Å². The van der Waals surface area contributed by atoms with Crippen LogP contribution >= 0.6 is 0 Å². The second-order valence-electron chi connectivity index (χ2n) is 2.56. The number of aliphatic hydroxyl groups excluding tert-OH is 1. The number of nitrogens with zero attached hydrogens (tertiary/aromatic N) is 1. The number of rotatable bonds is 4. The maximum absolute atomic E-state index is 11.7. The van der Waals surface area contributed by atoms with E-state index in [0.29, 0.717) is 0 Å². The lowest BCUT2D eigenvalue weighted by Crippen LogP contribution is -2.17. The molecule has 0 aromatic rings. The molecule has 0 aliphatic carbocycles. The normalized spacial score (nSPS) is 13.9. The summed E-state index contributed by atoms with van der Waals surface area (Å²) in [6.07, 6.45) is -5.10. The Morgan fingerprint density at radius 2 is 2.00 bits per heavy atom. The van der Waals surface area contributed by atoms with Gasteiger partial charge in [0.05, 0.1) is 6.07 Å². The summed E-state index contributed by atoms with van der Waals surface area (Å²) in [6.45, 7) is -0.513. The Morgan fingerprint density at radius 1 is 1.42 bits per heavy atom. The van der Waals surface area contributed by atoms with Crippen LogP contribution < -0.4 is 0 Å². The molecule has 0 saturated heterocycles. The molecular weight excluding hydrogens is 171 g/mol. The molecule has 0 heterocycles. The minimum Gasteiger partial charge on any atom is -0.396 e. The number of alkyl halides is 3. The van der Waals surface area contributed by atoms with Crippen LogP contribution in [0.25, 0.3) is 0 Å². The van der Waals surface area contributed by atoms with E-state index in [4.69, 9.17) is 10.4 Å². The van der Waals surface area contributed by atoms with Gasteiger partial charge in [0.1, 0.15) is 0 Å². The summed E-state index contributed by atoms with van der Waals surface area (Å²) in [5.41, 5.74) is 0. The van der Waals surface area contributed by atoms with E-state index in [1.54, 1.807) is 6.07 Å². The lowest BCUT2D eigenvalue weighted by molar-refractivity contribution is -0.147. The molecule has 70 valence electrons. The van der Waals surface area contributed by atoms with E-state index in [1.165, 1.54) is 0 Å². The zero-order valence-electron chi connectivity index (χ0n) is 6.43. The third kappa shape index (κ3) is 5.98. The SMILES string of the molecule is N#CCC[C@@H](CO)CC(F)(F)F. The topological polar surface area (TPSA) is 44.0 Å². The van der Waals surface area contributed by atoms with E-state index in [-0.39, 0.29) is 12.8 Å². The fraction of sp³-hybridized carbons (Fsp3) is 0.857. The van der Waals surface area contributed by atoms with Crippen molar-refractivity contribution in [3.8, 4) is 6.07 Å². The van der Waals surface area contributed by atoms with Gasteiger partial charge in [0.15, 0.2) is 0 Å². The van der Waals surface area contributed by atoms with Crippen molar-refractivity contribution in [2.24, 2.45) is 5.92 Å². The fourth-order valence-corrected chi connectivity index (χ4v) is 0.854. The summed E-state index contributed by atoms with van der Waals surface area (Å²) in [7, 11) is 0. The molecule has 0 spiro atoms. The van der Waals surface area contributed by atoms with Crippen molar-refractivity contribution in [2.75, 3.05) is 6.61 Å². The van der Waals surface area contributed by atoms with Gasteiger partial charge in [0, 0.05) is 19.4 Å². The molecular formula is C7H10F3NO. The number of aliphatic hydroxyl groups is 1. The molecule has 0 aliphatic rings. The number of hydrogen-bond acceptors (Lipinski definition) is 2. The van der Waals surface area contributed by atoms with Crippen molar-refractivity contribution in [1.29, 1.82) is 5.26 Å². The Kier molecular flexibility index (Phi) is 4.67. The third-order valence-electron chi connectivity index (χ3n) is 1.44. The Hall–Kier alpha value is -0.760. The first-order chi connectivity index (χ1) is 5.49. The van der Waals surface area contributed by atoms with Crippen LogP contribution in [0, 0.1) is 17.2 Å². The average molecular weight is 181 g/mol. The minimum absolute atomic E-state index is 0.0569. The first-order valence-corrected chi connectivity index (χ1v) is 3.54. The average Bonchev–Trinajstić information content (AvgIpc) is 1.95. The molecule has 12 heavy (non-hydrogen) atoms. The molecule has 0 aliphatic heterocycles. The maximum atomic E-state index is 11.7. The van der Waals surface area contributed by atoms with Crippen molar-refractivity contribution in [3.63, 3.8) is 0 Å². The second-order valence-corrected chi connectivity index (χ2v) is 2.56. The van der Waals surface area contributed by atoms with Gasteiger partial charge in [-0.25, -0.2) is 0 Å². The molecule has 5 heteroatoms. The zero-order chi connectivity index (χ0) is 9.61. The van der Waals surface area contributed by atoms with Crippen LogP contribution in [0.15, 0.2) is 0 Å². The molecule has 1 N–H and O–H groups in total. The number of nitriles is 1. The smallest absolute Gasteiger partial charge is 0.389 e. The van der Waals surface area contributed by atoms with E-state index in [1.807, 2.05) is 0 Å². The van der Waals surface area contributed by atoms with Crippen LogP contribution in [-0.2, 0) is 0 Å². The van der Waals surface area contributed by atoms with Crippen LogP contribution in [0.1, 0.15) is 19.3 Å². The van der Waals surface area contributed by atoms with Crippen LogP contribution in [0.2, 0.25) is 0 Å². The maximum Gasteiger partial charge on any atom is 0.389 e. The monoisotopic (exact) mass is 181 g/mol. The molecule has 0 bridgehead atoms. The lowest BCUT2D eigenvalue weighted by Gasteiger charge is -2.14. The second kappa shape index (κ2) is 4.99. The first-order valence-electron chi connectivity index (χ1n) is 3.54. The highest BCUT2D eigenvalue weighted by Gasteiger charge is 2.31. The predicted octanol–water partition coefficient (Wildman–Crippen LogP) is 1.85. The summed E-state index contributed by atoms with van der Waals surface area (Å²) < 4.78 is 35.2. The van der Waals surface area contributed by atoms with Crippen molar-refractivity contribution in [1.82, 2.24) is 0 Å². The van der Waals surface area contributed by atoms with Gasteiger partial charge in [0.25, 0.3) is 0 Å². The summed E-state index contributed by atoms with van der Waals surface area (Å²) in [4.78, 5) is 0. The molecule has 0 saturated carbocycles. The van der Waals surface area contributed by atoms with Gasteiger partial charge in [-0.1, -0.05) is 0 Å². The quantitative estimate of drug-likeness (QED) is 0.719. The van der Waals surface area contributed by atoms with E-state index >= 15 is 0 Å². The van der Waals surface area contributed by atoms with Crippen LogP contribution in [0.5, 0.6) is 0 Å². The van der Waals surface area contributed by atoms with Gasteiger partial charge < -0.3 is 5.11 Å². The van der Waals surface area contributed by atoms with Gasteiger partial charge in [-0.15, -0.1) is 0 Å². The Labute approximate surface area is 68.6 Å². The molecule has 0 radical (unpaired) electrons. The fourth-order valence-electron chi connectivity index (χ4n) is 0.854. The summed E-state index contributed by atoms with van der Waals surface area (Å²) in [5, 5.41) is 16.6. The van der Waals surface area contributed by atoms with Crippen LogP contribution in [0.3, 0.4) is 0 Å². The summed E-state index contributed by atoms with van der Waals surface area (Å²) in [6, 6.07) is 1.74. The first kappa shape index (κ1) is 11.2. The van der Waals surface area contributed by atoms with Crippen LogP contribution in [-0.4, -0.2) is 17.9 Å². The highest BCUT2D eigenvalue weighted by atomic mass is 19.4. The molecule has 1 atom stereocenters. The van der Waals surface area contributed by atoms with Gasteiger partial charge in [0.2, 0.25) is 0 Å². The van der Waals surface area contributed by atoms with Gasteiger partial charge in [-0.05, 0) is 12.3 Å². The van der Waals surface area contributed by atoms with E-state index in [0.717, 1.165) is 0 Å². The highest BCUT2D eigenvalue weighted by molar-refractivity contribution is 4.73. The largest absolute Gasteiger partial charge is 0.396 e. The van der Waals surface area contributed by atoms with E-state index in [2.05, 4.69) is 0 Å². The summed E-state index contributed by atoms with van der Waals surface area (Å²) in [5.74, 6) is -0.829. The van der Waals surface area contributed by atoms with E-state index in [9.17, 15) is 13.2 Å². The zero-order valence-corrected chi connectivity index (χ0v) is 6.43. The predicted molar refractivity (Wildman–Crippen MR) is 36.1 cm³/mol. The minimum atomic E-state index is -4.25. The van der Waals surface area contributed by atoms with Crippen LogP contribution in [0.4, 0.5) is 13.2 Å². The lowest BCUT2D eigenvalue weighted by atomic mass is 10.0. The van der Waals surface area contributed by atoms with Crippen molar-refractivity contribution >= 4 is 0 Å². The molecule has 0 aromatic heterocycles. The standard InChI is InChI=1S/C7H10F3NO/c8-7(9,10)4-6(5-12)2-1-3-11/h6,12H,1-2,4-5H2/t6-/m1/s1. The van der Waals surface area contributed by atoms with E-state index < -0.39 is 25.1 Å². The number of halogens is 3. The highest BCUT2D eigenvalue weighted by Crippen LogP contribution is 2.26. The van der Waals surface area contributed by atoms with Gasteiger partial charge >= 0.3 is 6.18 Å².